The molecule has 11 aromatic rings. The van der Waals surface area contributed by atoms with E-state index < -0.39 is 0 Å². The third-order valence-corrected chi connectivity index (χ3v) is 11.9. The molecule has 1 aliphatic heterocycles. The number of nitrogens with one attached hydrogen (secondary N) is 2. The van der Waals surface area contributed by atoms with Crippen LogP contribution in [0.3, 0.4) is 0 Å². The zero-order chi connectivity index (χ0) is 44.1. The molecule has 1 aliphatic rings. The minimum absolute atomic E-state index is 0.114. The van der Waals surface area contributed by atoms with E-state index >= 15 is 0 Å². The number of phenolic OH excluding ortho intramolecular Hbond substituents is 8. The number of para-hydroxylation sites is 1. The molecule has 12 nitrogen and oxygen atoms in total. The summed E-state index contributed by atoms with van der Waals surface area (Å²) in [5.74, 6) is 1.78. The lowest BCUT2D eigenvalue weighted by Crippen LogP contribution is -2.18. The number of nitrogens with zero attached hydrogens (tertiary/aromatic N) is 1. The normalized spacial score (nSPS) is 11.6. The van der Waals surface area contributed by atoms with E-state index in [-0.39, 0.29) is 40.2 Å². The summed E-state index contributed by atoms with van der Waals surface area (Å²) in [6, 6.07) is 39.9. The van der Waals surface area contributed by atoms with E-state index in [1.54, 1.807) is 91.0 Å². The maximum atomic E-state index is 9.69. The molecule has 3 aromatic heterocycles. The van der Waals surface area contributed by atoms with Crippen LogP contribution in [0.25, 0.3) is 63.9 Å². The summed E-state index contributed by atoms with van der Waals surface area (Å²) in [5.41, 5.74) is 7.45. The van der Waals surface area contributed by atoms with Crippen molar-refractivity contribution in [2.75, 3.05) is 17.3 Å². The lowest BCUT2D eigenvalue weighted by molar-refractivity contribution is 0.466. The van der Waals surface area contributed by atoms with Gasteiger partial charge in [0.15, 0.2) is 11.3 Å². The van der Waals surface area contributed by atoms with Crippen LogP contribution in [0.5, 0.6) is 46.0 Å². The van der Waals surface area contributed by atoms with Gasteiger partial charge < -0.3 is 60.5 Å². The SMILES string of the molecule is Cc1cc(O)cc2c1N(C)c1cc(O)ccc1N2.Oc1ccc2c(c1)[nH]c1cc(O)ccc12.Oc1ccc2c(c1)oc1c(O)cccc12.Oc1ccc2c(c1)sc1c(O)cccc12. The Hall–Kier alpha value is -8.42. The van der Waals surface area contributed by atoms with Gasteiger partial charge in [-0.2, -0.15) is 0 Å². The fourth-order valence-corrected chi connectivity index (χ4v) is 9.05. The molecule has 63 heavy (non-hydrogen) atoms. The molecule has 0 amide bonds. The fraction of sp³-hybridized carbons (Fsp3) is 0.0400. The van der Waals surface area contributed by atoms with Crippen molar-refractivity contribution in [3.05, 3.63) is 145 Å². The number of thiophene rings is 1. The van der Waals surface area contributed by atoms with Gasteiger partial charge >= 0.3 is 0 Å². The number of benzene rings is 8. The Labute approximate surface area is 362 Å². The summed E-state index contributed by atoms with van der Waals surface area (Å²) >= 11 is 1.49. The maximum Gasteiger partial charge on any atom is 0.177 e. The second kappa shape index (κ2) is 15.9. The molecule has 0 spiro atoms. The van der Waals surface area contributed by atoms with Gasteiger partial charge in [-0.3, -0.25) is 0 Å². The van der Waals surface area contributed by atoms with Crippen molar-refractivity contribution in [1.82, 2.24) is 4.98 Å². The molecule has 0 saturated carbocycles. The number of phenols is 8. The highest BCUT2D eigenvalue weighted by atomic mass is 32.1. The largest absolute Gasteiger partial charge is 0.508 e. The van der Waals surface area contributed by atoms with Crippen LogP contribution in [-0.2, 0) is 0 Å². The summed E-state index contributed by atoms with van der Waals surface area (Å²) in [5, 5.41) is 85.1. The number of fused-ring (bicyclic) bond motifs is 11. The first kappa shape index (κ1) is 40.0. The summed E-state index contributed by atoms with van der Waals surface area (Å²) in [6.45, 7) is 1.95. The van der Waals surface area contributed by atoms with Gasteiger partial charge in [-0.05, 0) is 97.4 Å². The summed E-state index contributed by atoms with van der Waals surface area (Å²) < 4.78 is 7.32. The molecule has 0 atom stereocenters. The second-order valence-electron chi connectivity index (χ2n) is 15.0. The Bertz CT molecular complexity index is 3360. The van der Waals surface area contributed by atoms with Crippen LogP contribution in [0.1, 0.15) is 5.56 Å². The molecule has 0 aliphatic carbocycles. The standard InChI is InChI=1S/C14H14N2O2.C12H9NO2.C12H8O3.C12H8O2S/c1-8-5-10(18)6-12-14(8)16(2)13-7-9(17)3-4-11(13)15-12;14-7-1-3-9-10-4-2-8(15)6-12(10)13-11(9)5-7;2*13-7-4-5-8-9-2-1-3-10(14)12(9)15-11(8)6-7/h3-7,15,17-18H,1-2H3;1-6,13-15H;2*1-6,13-14H. The lowest BCUT2D eigenvalue weighted by Gasteiger charge is -2.32. The van der Waals surface area contributed by atoms with Crippen LogP contribution in [0, 0.1) is 6.92 Å². The van der Waals surface area contributed by atoms with Crippen molar-refractivity contribution >= 4 is 98.0 Å². The number of hydrogen-bond donors (Lipinski definition) is 10. The molecule has 314 valence electrons. The third-order valence-electron chi connectivity index (χ3n) is 10.7. The highest BCUT2D eigenvalue weighted by Crippen LogP contribution is 2.47. The van der Waals surface area contributed by atoms with Crippen molar-refractivity contribution in [2.24, 2.45) is 0 Å². The van der Waals surface area contributed by atoms with E-state index in [2.05, 4.69) is 10.3 Å². The molecule has 10 N–H and O–H groups in total. The van der Waals surface area contributed by atoms with Crippen molar-refractivity contribution < 1.29 is 45.3 Å². The number of aryl methyl sites for hydroxylation is 1. The van der Waals surface area contributed by atoms with Crippen LogP contribution < -0.4 is 10.2 Å². The zero-order valence-corrected chi connectivity index (χ0v) is 34.4. The Morgan fingerprint density at radius 2 is 1.06 bits per heavy atom. The number of rotatable bonds is 0. The molecule has 13 heteroatoms. The molecule has 0 radical (unpaired) electrons. The van der Waals surface area contributed by atoms with Gasteiger partial charge in [0.2, 0.25) is 0 Å². The van der Waals surface area contributed by atoms with Gasteiger partial charge in [-0.1, -0.05) is 24.3 Å². The first-order valence-corrected chi connectivity index (χ1v) is 20.4. The van der Waals surface area contributed by atoms with Gasteiger partial charge in [0.25, 0.3) is 0 Å². The number of aromatic amines is 1. The van der Waals surface area contributed by atoms with Crippen LogP contribution in [-0.4, -0.2) is 52.9 Å². The van der Waals surface area contributed by atoms with Gasteiger partial charge in [0.05, 0.1) is 38.5 Å². The summed E-state index contributed by atoms with van der Waals surface area (Å²) in [7, 11) is 1.95. The first-order chi connectivity index (χ1) is 30.3. The molecule has 4 heterocycles. The Kier molecular flexibility index (Phi) is 10.1. The average molecular weight is 858 g/mol. The molecule has 0 saturated heterocycles. The quantitative estimate of drug-likeness (QED) is 0.0649. The minimum atomic E-state index is 0.114. The first-order valence-electron chi connectivity index (χ1n) is 19.6. The molecule has 0 bridgehead atoms. The Morgan fingerprint density at radius 3 is 1.76 bits per heavy atom. The molecule has 0 fully saturated rings. The van der Waals surface area contributed by atoms with Crippen LogP contribution in [0.15, 0.2) is 144 Å². The van der Waals surface area contributed by atoms with E-state index in [0.29, 0.717) is 16.9 Å². The number of anilines is 4. The number of furan rings is 1. The maximum absolute atomic E-state index is 9.69. The Balaban J connectivity index is 0.000000107. The molecule has 8 aromatic carbocycles. The lowest BCUT2D eigenvalue weighted by atomic mass is 10.1. The smallest absolute Gasteiger partial charge is 0.177 e. The molecular weight excluding hydrogens is 819 g/mol. The average Bonchev–Trinajstić information content (AvgIpc) is 3.92. The van der Waals surface area contributed by atoms with Gasteiger partial charge in [0, 0.05) is 74.4 Å². The van der Waals surface area contributed by atoms with Crippen molar-refractivity contribution in [2.45, 2.75) is 6.92 Å². The monoisotopic (exact) mass is 857 g/mol. The van der Waals surface area contributed by atoms with Crippen LogP contribution in [0.4, 0.5) is 22.7 Å². The van der Waals surface area contributed by atoms with Crippen molar-refractivity contribution in [3.63, 3.8) is 0 Å². The van der Waals surface area contributed by atoms with Crippen molar-refractivity contribution in [3.8, 4) is 46.0 Å². The number of aromatic hydroxyl groups is 8. The predicted molar refractivity (Wildman–Crippen MR) is 251 cm³/mol. The van der Waals surface area contributed by atoms with E-state index in [0.717, 1.165) is 81.1 Å². The number of H-pyrrole nitrogens is 1. The van der Waals surface area contributed by atoms with Gasteiger partial charge in [0.1, 0.15) is 45.8 Å². The zero-order valence-electron chi connectivity index (χ0n) is 33.6. The van der Waals surface area contributed by atoms with Crippen LogP contribution >= 0.6 is 11.3 Å². The summed E-state index contributed by atoms with van der Waals surface area (Å²) in [4.78, 5) is 5.15. The van der Waals surface area contributed by atoms with Crippen molar-refractivity contribution in [1.29, 1.82) is 0 Å². The highest BCUT2D eigenvalue weighted by Gasteiger charge is 2.22. The number of hydrogen-bond acceptors (Lipinski definition) is 12. The van der Waals surface area contributed by atoms with E-state index in [1.807, 2.05) is 61.3 Å². The highest BCUT2D eigenvalue weighted by molar-refractivity contribution is 7.26. The van der Waals surface area contributed by atoms with Crippen LogP contribution in [0.2, 0.25) is 0 Å². The summed E-state index contributed by atoms with van der Waals surface area (Å²) in [6.07, 6.45) is 0. The predicted octanol–water partition coefficient (Wildman–Crippen LogP) is 12.4. The molecular formula is C50H39N3O9S. The van der Waals surface area contributed by atoms with Gasteiger partial charge in [-0.25, -0.2) is 0 Å². The topological polar surface area (TPSA) is 206 Å². The number of aromatic nitrogens is 1. The minimum Gasteiger partial charge on any atom is -0.508 e. The molecule has 12 rings (SSSR count). The van der Waals surface area contributed by atoms with E-state index in [1.165, 1.54) is 17.4 Å². The van der Waals surface area contributed by atoms with Gasteiger partial charge in [-0.15, -0.1) is 11.3 Å². The Morgan fingerprint density at radius 1 is 0.492 bits per heavy atom. The molecule has 0 unspecified atom stereocenters. The fourth-order valence-electron chi connectivity index (χ4n) is 7.90. The van der Waals surface area contributed by atoms with E-state index in [4.69, 9.17) is 4.42 Å². The van der Waals surface area contributed by atoms with E-state index in [9.17, 15) is 40.9 Å². The third kappa shape index (κ3) is 7.64. The second-order valence-corrected chi connectivity index (χ2v) is 16.1.